The number of aryl methyl sites for hydroxylation is 1. The summed E-state index contributed by atoms with van der Waals surface area (Å²) in [6.07, 6.45) is 5.17. The third-order valence-corrected chi connectivity index (χ3v) is 6.19. The molecule has 4 aromatic rings. The first-order chi connectivity index (χ1) is 16.5. The van der Waals surface area contributed by atoms with Crippen molar-refractivity contribution in [2.45, 2.75) is 25.9 Å². The molecule has 1 N–H and O–H groups in total. The first-order valence-corrected chi connectivity index (χ1v) is 11.7. The highest BCUT2D eigenvalue weighted by Gasteiger charge is 2.33. The number of carbonyl (C=O) groups is 2. The number of halogens is 1. The summed E-state index contributed by atoms with van der Waals surface area (Å²) in [4.78, 5) is 37.8. The molecule has 0 aliphatic heterocycles. The Morgan fingerprint density at radius 3 is 2.44 bits per heavy atom. The zero-order valence-corrected chi connectivity index (χ0v) is 19.3. The normalized spacial score (nSPS) is 11.6. The molecular formula is C26H23FN4O2S. The van der Waals surface area contributed by atoms with Gasteiger partial charge in [-0.25, -0.2) is 9.37 Å². The predicted molar refractivity (Wildman–Crippen MR) is 130 cm³/mol. The molecule has 2 aromatic carbocycles. The molecule has 8 heteroatoms. The Labute approximate surface area is 201 Å². The van der Waals surface area contributed by atoms with E-state index in [9.17, 15) is 14.0 Å². The lowest BCUT2D eigenvalue weighted by Crippen LogP contribution is -2.41. The van der Waals surface area contributed by atoms with Crippen LogP contribution < -0.4 is 5.32 Å². The average Bonchev–Trinajstić information content (AvgIpc) is 3.39. The van der Waals surface area contributed by atoms with E-state index in [-0.39, 0.29) is 12.2 Å². The van der Waals surface area contributed by atoms with Crippen molar-refractivity contribution in [1.82, 2.24) is 14.9 Å². The Balaban J connectivity index is 1.76. The molecule has 2 aromatic heterocycles. The van der Waals surface area contributed by atoms with E-state index in [1.54, 1.807) is 0 Å². The van der Waals surface area contributed by atoms with Crippen LogP contribution in [0.4, 0.5) is 10.1 Å². The standard InChI is InChI=1S/C26H23FN4O2S/c1-2-18-5-7-19(8-6-18)24(25(32)30-21-11-9-20(27)10-12-21)31(17-22-4-3-15-34-22)26(33)23-16-28-13-14-29-23/h3-16,24H,2,17H2,1H3,(H,30,32)/t24-/m0/s1. The van der Waals surface area contributed by atoms with Gasteiger partial charge in [0.2, 0.25) is 0 Å². The highest BCUT2D eigenvalue weighted by Crippen LogP contribution is 2.28. The SMILES string of the molecule is CCc1ccc([C@@H](C(=O)Nc2ccc(F)cc2)N(Cc2cccs2)C(=O)c2cnccn2)cc1. The van der Waals surface area contributed by atoms with Crippen LogP contribution in [0.3, 0.4) is 0 Å². The van der Waals surface area contributed by atoms with Gasteiger partial charge >= 0.3 is 0 Å². The molecule has 0 unspecified atom stereocenters. The van der Waals surface area contributed by atoms with Crippen molar-refractivity contribution in [2.75, 3.05) is 5.32 Å². The fourth-order valence-corrected chi connectivity index (χ4v) is 4.26. The Kier molecular flexibility index (Phi) is 7.39. The molecule has 2 amide bonds. The second-order valence-electron chi connectivity index (χ2n) is 7.60. The molecule has 172 valence electrons. The van der Waals surface area contributed by atoms with Crippen LogP contribution in [0, 0.1) is 5.82 Å². The lowest BCUT2D eigenvalue weighted by molar-refractivity contribution is -0.121. The van der Waals surface area contributed by atoms with E-state index in [0.717, 1.165) is 16.9 Å². The zero-order chi connectivity index (χ0) is 23.9. The minimum Gasteiger partial charge on any atom is -0.324 e. The number of benzene rings is 2. The summed E-state index contributed by atoms with van der Waals surface area (Å²) in [5.74, 6) is -1.23. The summed E-state index contributed by atoms with van der Waals surface area (Å²) in [7, 11) is 0. The van der Waals surface area contributed by atoms with Crippen molar-refractivity contribution in [3.63, 3.8) is 0 Å². The third-order valence-electron chi connectivity index (χ3n) is 5.32. The van der Waals surface area contributed by atoms with Gasteiger partial charge in [-0.3, -0.25) is 14.6 Å². The highest BCUT2D eigenvalue weighted by molar-refractivity contribution is 7.09. The molecule has 0 aliphatic rings. The number of hydrogen-bond acceptors (Lipinski definition) is 5. The maximum atomic E-state index is 13.6. The number of hydrogen-bond donors (Lipinski definition) is 1. The van der Waals surface area contributed by atoms with Crippen LogP contribution in [-0.2, 0) is 17.8 Å². The van der Waals surface area contributed by atoms with Gasteiger partial charge in [0.05, 0.1) is 12.7 Å². The van der Waals surface area contributed by atoms with Crippen molar-refractivity contribution < 1.29 is 14.0 Å². The van der Waals surface area contributed by atoms with Gasteiger partial charge in [0, 0.05) is 23.0 Å². The third kappa shape index (κ3) is 5.52. The van der Waals surface area contributed by atoms with E-state index in [0.29, 0.717) is 11.3 Å². The van der Waals surface area contributed by atoms with Gasteiger partial charge in [0.25, 0.3) is 11.8 Å². The maximum absolute atomic E-state index is 13.6. The molecule has 0 spiro atoms. The fraction of sp³-hybridized carbons (Fsp3) is 0.154. The van der Waals surface area contributed by atoms with Gasteiger partial charge in [-0.05, 0) is 53.3 Å². The fourth-order valence-electron chi connectivity index (χ4n) is 3.56. The molecule has 4 rings (SSSR count). The minimum atomic E-state index is -0.951. The largest absolute Gasteiger partial charge is 0.324 e. The lowest BCUT2D eigenvalue weighted by atomic mass is 10.0. The van der Waals surface area contributed by atoms with Crippen molar-refractivity contribution in [2.24, 2.45) is 0 Å². The molecule has 2 heterocycles. The maximum Gasteiger partial charge on any atom is 0.275 e. The minimum absolute atomic E-state index is 0.142. The molecule has 0 bridgehead atoms. The number of carbonyl (C=O) groups excluding carboxylic acids is 2. The number of nitrogens with one attached hydrogen (secondary N) is 1. The summed E-state index contributed by atoms with van der Waals surface area (Å²) in [6, 6.07) is 16.0. The van der Waals surface area contributed by atoms with E-state index in [4.69, 9.17) is 0 Å². The average molecular weight is 475 g/mol. The van der Waals surface area contributed by atoms with Gasteiger partial charge in [0.1, 0.15) is 17.6 Å². The van der Waals surface area contributed by atoms with E-state index in [1.807, 2.05) is 41.8 Å². The van der Waals surface area contributed by atoms with Crippen molar-refractivity contribution in [3.8, 4) is 0 Å². The van der Waals surface area contributed by atoms with E-state index in [1.165, 1.54) is 59.1 Å². The second-order valence-corrected chi connectivity index (χ2v) is 8.63. The van der Waals surface area contributed by atoms with Crippen LogP contribution in [0.15, 0.2) is 84.6 Å². The summed E-state index contributed by atoms with van der Waals surface area (Å²) < 4.78 is 13.4. The van der Waals surface area contributed by atoms with Crippen molar-refractivity contribution >= 4 is 28.8 Å². The lowest BCUT2D eigenvalue weighted by Gasteiger charge is -2.31. The predicted octanol–water partition coefficient (Wildman–Crippen LogP) is 5.26. The van der Waals surface area contributed by atoms with Gasteiger partial charge in [-0.2, -0.15) is 0 Å². The molecule has 0 fully saturated rings. The summed E-state index contributed by atoms with van der Waals surface area (Å²) in [5, 5.41) is 4.75. The molecule has 1 atom stereocenters. The second kappa shape index (κ2) is 10.8. The molecule has 34 heavy (non-hydrogen) atoms. The monoisotopic (exact) mass is 474 g/mol. The highest BCUT2D eigenvalue weighted by atomic mass is 32.1. The van der Waals surface area contributed by atoms with E-state index < -0.39 is 23.7 Å². The summed E-state index contributed by atoms with van der Waals surface area (Å²) in [6.45, 7) is 2.26. The first-order valence-electron chi connectivity index (χ1n) is 10.8. The van der Waals surface area contributed by atoms with Gasteiger partial charge < -0.3 is 10.2 Å². The van der Waals surface area contributed by atoms with E-state index in [2.05, 4.69) is 22.2 Å². The first kappa shape index (κ1) is 23.3. The summed E-state index contributed by atoms with van der Waals surface area (Å²) >= 11 is 1.50. The zero-order valence-electron chi connectivity index (χ0n) is 18.5. The van der Waals surface area contributed by atoms with Gasteiger partial charge in [-0.15, -0.1) is 11.3 Å². The van der Waals surface area contributed by atoms with E-state index >= 15 is 0 Å². The van der Waals surface area contributed by atoms with Crippen LogP contribution in [0.1, 0.15) is 39.5 Å². The van der Waals surface area contributed by atoms with Crippen LogP contribution in [0.25, 0.3) is 0 Å². The number of rotatable bonds is 8. The number of aromatic nitrogens is 2. The summed E-state index contributed by atoms with van der Waals surface area (Å²) in [5.41, 5.74) is 2.35. The van der Waals surface area contributed by atoms with Crippen molar-refractivity contribution in [3.05, 3.63) is 112 Å². The molecule has 0 radical (unpaired) electrons. The van der Waals surface area contributed by atoms with Crippen LogP contribution in [0.2, 0.25) is 0 Å². The molecule has 0 saturated heterocycles. The molecule has 0 saturated carbocycles. The van der Waals surface area contributed by atoms with Crippen LogP contribution in [-0.4, -0.2) is 26.7 Å². The quantitative estimate of drug-likeness (QED) is 0.378. The Hall–Kier alpha value is -3.91. The number of thiophene rings is 1. The molecule has 6 nitrogen and oxygen atoms in total. The van der Waals surface area contributed by atoms with Crippen molar-refractivity contribution in [1.29, 1.82) is 0 Å². The van der Waals surface area contributed by atoms with Crippen LogP contribution >= 0.6 is 11.3 Å². The molecule has 0 aliphatic carbocycles. The smallest absolute Gasteiger partial charge is 0.275 e. The number of anilines is 1. The van der Waals surface area contributed by atoms with Gasteiger partial charge in [-0.1, -0.05) is 37.3 Å². The Morgan fingerprint density at radius 1 is 1.06 bits per heavy atom. The number of amides is 2. The topological polar surface area (TPSA) is 75.2 Å². The van der Waals surface area contributed by atoms with Gasteiger partial charge in [0.15, 0.2) is 0 Å². The Bertz CT molecular complexity index is 1230. The molecular weight excluding hydrogens is 451 g/mol. The Morgan fingerprint density at radius 2 is 1.82 bits per heavy atom. The number of nitrogens with zero attached hydrogens (tertiary/aromatic N) is 3. The van der Waals surface area contributed by atoms with Crippen LogP contribution in [0.5, 0.6) is 0 Å².